The lowest BCUT2D eigenvalue weighted by Crippen LogP contribution is -2.67. The normalized spacial score (nSPS) is 19.3. The zero-order chi connectivity index (χ0) is 22.6. The molecule has 2 aromatic rings. The number of rotatable bonds is 5. The SMILES string of the molecule is CNc1ncc2c(n1)N(C1CC3(CNC3)C1)C(=O)N(c1c(Cl)c(OC)cc(OC)c1Cl)C2. The highest BCUT2D eigenvalue weighted by atomic mass is 35.5. The summed E-state index contributed by atoms with van der Waals surface area (Å²) < 4.78 is 10.8. The van der Waals surface area contributed by atoms with Crippen molar-refractivity contribution in [3.05, 3.63) is 27.9 Å². The van der Waals surface area contributed by atoms with Crippen LogP contribution in [0.5, 0.6) is 11.5 Å². The molecule has 1 aromatic carbocycles. The van der Waals surface area contributed by atoms with Gasteiger partial charge in [0.05, 0.1) is 26.5 Å². The molecule has 3 aliphatic rings. The molecule has 9 nitrogen and oxygen atoms in total. The third-order valence-corrected chi connectivity index (χ3v) is 7.31. The third kappa shape index (κ3) is 3.14. The predicted octanol–water partition coefficient (Wildman–Crippen LogP) is 3.54. The van der Waals surface area contributed by atoms with Gasteiger partial charge in [-0.2, -0.15) is 4.98 Å². The van der Waals surface area contributed by atoms with E-state index in [1.807, 2.05) is 0 Å². The van der Waals surface area contributed by atoms with Crippen LogP contribution in [-0.4, -0.2) is 56.4 Å². The number of urea groups is 1. The number of fused-ring (bicyclic) bond motifs is 1. The van der Waals surface area contributed by atoms with Crippen LogP contribution < -0.4 is 29.9 Å². The van der Waals surface area contributed by atoms with Crippen molar-refractivity contribution in [3.8, 4) is 11.5 Å². The molecule has 0 unspecified atom stereocenters. The van der Waals surface area contributed by atoms with Crippen molar-refractivity contribution in [2.45, 2.75) is 25.4 Å². The molecule has 0 radical (unpaired) electrons. The quantitative estimate of drug-likeness (QED) is 0.678. The van der Waals surface area contributed by atoms with Crippen molar-refractivity contribution in [2.75, 3.05) is 49.5 Å². The van der Waals surface area contributed by atoms with Crippen molar-refractivity contribution in [1.82, 2.24) is 15.3 Å². The Bertz CT molecular complexity index is 1060. The first-order valence-electron chi connectivity index (χ1n) is 10.4. The molecular formula is C21H24Cl2N6O3. The molecule has 1 saturated heterocycles. The van der Waals surface area contributed by atoms with Gasteiger partial charge in [-0.3, -0.25) is 9.80 Å². The largest absolute Gasteiger partial charge is 0.495 e. The van der Waals surface area contributed by atoms with Crippen LogP contribution in [0.4, 0.5) is 22.2 Å². The highest BCUT2D eigenvalue weighted by molar-refractivity contribution is 6.42. The summed E-state index contributed by atoms with van der Waals surface area (Å²) in [4.78, 5) is 26.2. The van der Waals surface area contributed by atoms with Crippen molar-refractivity contribution < 1.29 is 14.3 Å². The number of carbonyl (C=O) groups excluding carboxylic acids is 1. The Labute approximate surface area is 196 Å². The van der Waals surface area contributed by atoms with Gasteiger partial charge in [0.25, 0.3) is 0 Å². The molecule has 1 aromatic heterocycles. The highest BCUT2D eigenvalue weighted by Gasteiger charge is 2.53. The van der Waals surface area contributed by atoms with Crippen LogP contribution in [0, 0.1) is 5.41 Å². The Kier molecular flexibility index (Phi) is 5.22. The first-order chi connectivity index (χ1) is 15.4. The van der Waals surface area contributed by atoms with Crippen LogP contribution in [0.2, 0.25) is 10.0 Å². The number of aromatic nitrogens is 2. The van der Waals surface area contributed by atoms with Gasteiger partial charge in [0.15, 0.2) is 0 Å². The molecular weight excluding hydrogens is 455 g/mol. The minimum absolute atomic E-state index is 0.0378. The Morgan fingerprint density at radius 2 is 1.84 bits per heavy atom. The van der Waals surface area contributed by atoms with E-state index >= 15 is 0 Å². The maximum absolute atomic E-state index is 13.9. The molecule has 1 aliphatic carbocycles. The lowest BCUT2D eigenvalue weighted by atomic mass is 9.61. The number of halogens is 2. The van der Waals surface area contributed by atoms with Crippen LogP contribution in [0.1, 0.15) is 18.4 Å². The van der Waals surface area contributed by atoms with Crippen molar-refractivity contribution >= 4 is 46.7 Å². The van der Waals surface area contributed by atoms with Crippen molar-refractivity contribution in [3.63, 3.8) is 0 Å². The molecule has 1 spiro atoms. The summed E-state index contributed by atoms with van der Waals surface area (Å²) in [6.45, 7) is 2.20. The summed E-state index contributed by atoms with van der Waals surface area (Å²) in [6, 6.07) is 1.41. The van der Waals surface area contributed by atoms with E-state index < -0.39 is 0 Å². The van der Waals surface area contributed by atoms with Gasteiger partial charge in [-0.25, -0.2) is 9.78 Å². The van der Waals surface area contributed by atoms with Crippen LogP contribution in [-0.2, 0) is 6.54 Å². The van der Waals surface area contributed by atoms with Gasteiger partial charge in [-0.1, -0.05) is 23.2 Å². The average molecular weight is 479 g/mol. The van der Waals surface area contributed by atoms with E-state index in [1.165, 1.54) is 14.2 Å². The van der Waals surface area contributed by atoms with E-state index in [2.05, 4.69) is 20.6 Å². The second-order valence-corrected chi connectivity index (χ2v) is 9.21. The molecule has 2 aliphatic heterocycles. The van der Waals surface area contributed by atoms with Crippen LogP contribution in [0.3, 0.4) is 0 Å². The van der Waals surface area contributed by atoms with E-state index in [4.69, 9.17) is 32.7 Å². The smallest absolute Gasteiger partial charge is 0.330 e. The van der Waals surface area contributed by atoms with Crippen molar-refractivity contribution in [2.24, 2.45) is 5.41 Å². The number of anilines is 3. The van der Waals surface area contributed by atoms with Gasteiger partial charge < -0.3 is 20.1 Å². The second-order valence-electron chi connectivity index (χ2n) is 8.45. The molecule has 2 amide bonds. The van der Waals surface area contributed by atoms with Gasteiger partial charge in [0.1, 0.15) is 27.4 Å². The van der Waals surface area contributed by atoms with Gasteiger partial charge in [-0.05, 0) is 18.3 Å². The summed E-state index contributed by atoms with van der Waals surface area (Å²) in [5.41, 5.74) is 1.44. The molecule has 3 heterocycles. The van der Waals surface area contributed by atoms with E-state index in [0.29, 0.717) is 29.0 Å². The van der Waals surface area contributed by atoms with E-state index in [0.717, 1.165) is 31.5 Å². The number of carbonyl (C=O) groups is 1. The molecule has 2 fully saturated rings. The number of ether oxygens (including phenoxy) is 2. The highest BCUT2D eigenvalue weighted by Crippen LogP contribution is 2.51. The first-order valence-corrected chi connectivity index (χ1v) is 11.1. The zero-order valence-electron chi connectivity index (χ0n) is 18.0. The third-order valence-electron chi connectivity index (χ3n) is 6.58. The molecule has 0 bridgehead atoms. The average Bonchev–Trinajstić information content (AvgIpc) is 2.73. The minimum Gasteiger partial charge on any atom is -0.495 e. The molecule has 170 valence electrons. The topological polar surface area (TPSA) is 91.9 Å². The number of hydrogen-bond donors (Lipinski definition) is 2. The fourth-order valence-electron chi connectivity index (χ4n) is 4.80. The molecule has 32 heavy (non-hydrogen) atoms. The fourth-order valence-corrected chi connectivity index (χ4v) is 5.50. The Morgan fingerprint density at radius 3 is 2.38 bits per heavy atom. The number of hydrogen-bond acceptors (Lipinski definition) is 7. The maximum atomic E-state index is 13.9. The molecule has 2 N–H and O–H groups in total. The zero-order valence-corrected chi connectivity index (χ0v) is 19.5. The Morgan fingerprint density at radius 1 is 1.19 bits per heavy atom. The molecule has 0 atom stereocenters. The fraction of sp³-hybridized carbons (Fsp3) is 0.476. The number of nitrogens with one attached hydrogen (secondary N) is 2. The summed E-state index contributed by atoms with van der Waals surface area (Å²) >= 11 is 13.3. The number of methoxy groups -OCH3 is 2. The number of amides is 2. The summed E-state index contributed by atoms with van der Waals surface area (Å²) in [7, 11) is 4.76. The van der Waals surface area contributed by atoms with Crippen molar-refractivity contribution in [1.29, 1.82) is 0 Å². The van der Waals surface area contributed by atoms with Gasteiger partial charge in [0, 0.05) is 44.0 Å². The Balaban J connectivity index is 1.60. The predicted molar refractivity (Wildman–Crippen MR) is 124 cm³/mol. The summed E-state index contributed by atoms with van der Waals surface area (Å²) in [5.74, 6) is 1.84. The minimum atomic E-state index is -0.232. The lowest BCUT2D eigenvalue weighted by Gasteiger charge is -2.57. The molecule has 11 heteroatoms. The second kappa shape index (κ2) is 7.83. The van der Waals surface area contributed by atoms with Crippen LogP contribution in [0.15, 0.2) is 12.3 Å². The van der Waals surface area contributed by atoms with E-state index in [1.54, 1.807) is 29.1 Å². The van der Waals surface area contributed by atoms with Gasteiger partial charge in [0.2, 0.25) is 5.95 Å². The molecule has 5 rings (SSSR count). The maximum Gasteiger partial charge on any atom is 0.330 e. The van der Waals surface area contributed by atoms with Gasteiger partial charge in [-0.15, -0.1) is 0 Å². The first kappa shape index (κ1) is 21.4. The van der Waals surface area contributed by atoms with Crippen LogP contribution in [0.25, 0.3) is 0 Å². The monoisotopic (exact) mass is 478 g/mol. The van der Waals surface area contributed by atoms with Gasteiger partial charge >= 0.3 is 6.03 Å². The number of nitrogens with zero attached hydrogens (tertiary/aromatic N) is 4. The Hall–Kier alpha value is -2.49. The summed E-state index contributed by atoms with van der Waals surface area (Å²) in [6.07, 6.45) is 3.57. The standard InChI is InChI=1S/C21H24Cl2N6O3/c1-24-19-26-7-11-8-28(17-15(22)13(31-2)4-14(32-3)16(17)23)20(30)29(18(11)27-19)12-5-21(6-12)9-25-10-21/h4,7,12,25H,5-6,8-10H2,1-3H3,(H,24,26,27). The summed E-state index contributed by atoms with van der Waals surface area (Å²) in [5, 5.41) is 6.79. The van der Waals surface area contributed by atoms with Crippen LogP contribution >= 0.6 is 23.2 Å². The van der Waals surface area contributed by atoms with E-state index in [9.17, 15) is 4.79 Å². The lowest BCUT2D eigenvalue weighted by molar-refractivity contribution is 0.0378. The molecule has 1 saturated carbocycles. The number of benzene rings is 1. The van der Waals surface area contributed by atoms with E-state index in [-0.39, 0.29) is 34.1 Å².